The number of ether oxygens (including phenoxy) is 3. The van der Waals surface area contributed by atoms with Gasteiger partial charge in [0.1, 0.15) is 23.2 Å². The van der Waals surface area contributed by atoms with Crippen molar-refractivity contribution in [2.45, 2.75) is 25.0 Å². The zero-order valence-electron chi connectivity index (χ0n) is 20.9. The van der Waals surface area contributed by atoms with Crippen molar-refractivity contribution in [1.29, 1.82) is 0 Å². The zero-order valence-corrected chi connectivity index (χ0v) is 20.9. The number of carbonyl (C=O) groups is 1. The lowest BCUT2D eigenvalue weighted by atomic mass is 9.83. The molecule has 0 aliphatic carbocycles. The van der Waals surface area contributed by atoms with Gasteiger partial charge in [0.25, 0.3) is 0 Å². The molecular weight excluding hydrogens is 450 g/mol. The third kappa shape index (κ3) is 4.79. The summed E-state index contributed by atoms with van der Waals surface area (Å²) in [5.41, 5.74) is 3.92. The maximum absolute atomic E-state index is 12.4. The van der Waals surface area contributed by atoms with Gasteiger partial charge < -0.3 is 14.2 Å². The summed E-state index contributed by atoms with van der Waals surface area (Å²) >= 11 is 0. The van der Waals surface area contributed by atoms with Gasteiger partial charge in [0, 0.05) is 24.6 Å². The minimum absolute atomic E-state index is 0.00792. The van der Waals surface area contributed by atoms with Gasteiger partial charge >= 0.3 is 5.97 Å². The molecule has 0 radical (unpaired) electrons. The molecule has 4 aromatic carbocycles. The summed E-state index contributed by atoms with van der Waals surface area (Å²) in [5.74, 6) is 1.10. The topological polar surface area (TPSA) is 48.0 Å². The van der Waals surface area contributed by atoms with Gasteiger partial charge in [0.2, 0.25) is 0 Å². The van der Waals surface area contributed by atoms with Crippen LogP contribution in [0.5, 0.6) is 11.5 Å². The summed E-state index contributed by atoms with van der Waals surface area (Å²) in [6.07, 6.45) is 0.817. The lowest BCUT2D eigenvalue weighted by Gasteiger charge is -2.35. The Morgan fingerprint density at radius 1 is 0.972 bits per heavy atom. The van der Waals surface area contributed by atoms with Crippen LogP contribution in [-0.2, 0) is 11.3 Å². The van der Waals surface area contributed by atoms with E-state index in [-0.39, 0.29) is 12.0 Å². The Morgan fingerprint density at radius 2 is 1.75 bits per heavy atom. The Kier molecular flexibility index (Phi) is 6.92. The highest BCUT2D eigenvalue weighted by Gasteiger charge is 2.31. The fraction of sp³-hybridized carbons (Fsp3) is 0.258. The Labute approximate surface area is 212 Å². The van der Waals surface area contributed by atoms with Gasteiger partial charge in [-0.05, 0) is 53.6 Å². The highest BCUT2D eigenvalue weighted by Crippen LogP contribution is 2.41. The molecule has 4 aromatic rings. The molecule has 184 valence electrons. The number of esters is 1. The Hall–Kier alpha value is -3.83. The Bertz CT molecular complexity index is 1380. The smallest absolute Gasteiger partial charge is 0.341 e. The van der Waals surface area contributed by atoms with E-state index in [0.29, 0.717) is 11.3 Å². The number of rotatable bonds is 7. The molecule has 0 amide bonds. The molecule has 5 nitrogen and oxygen atoms in total. The minimum atomic E-state index is -0.402. The lowest BCUT2D eigenvalue weighted by Crippen LogP contribution is -2.36. The molecule has 0 N–H and O–H groups in total. The molecule has 36 heavy (non-hydrogen) atoms. The summed E-state index contributed by atoms with van der Waals surface area (Å²) in [4.78, 5) is 14.7. The van der Waals surface area contributed by atoms with Crippen molar-refractivity contribution < 1.29 is 19.0 Å². The van der Waals surface area contributed by atoms with E-state index in [9.17, 15) is 4.79 Å². The Balaban J connectivity index is 1.40. The Morgan fingerprint density at radius 3 is 2.58 bits per heavy atom. The fourth-order valence-corrected chi connectivity index (χ4v) is 5.27. The average molecular weight is 482 g/mol. The number of benzene rings is 4. The molecule has 0 bridgehead atoms. The van der Waals surface area contributed by atoms with E-state index in [2.05, 4.69) is 60.5 Å². The highest BCUT2D eigenvalue weighted by atomic mass is 16.5. The largest absolute Gasteiger partial charge is 0.496 e. The molecule has 0 spiro atoms. The van der Waals surface area contributed by atoms with Crippen LogP contribution >= 0.6 is 0 Å². The van der Waals surface area contributed by atoms with Crippen LogP contribution in [-0.4, -0.2) is 44.8 Å². The van der Waals surface area contributed by atoms with Gasteiger partial charge in [-0.1, -0.05) is 66.7 Å². The molecule has 0 aromatic heterocycles. The van der Waals surface area contributed by atoms with Crippen molar-refractivity contribution in [2.24, 2.45) is 0 Å². The second-order valence-electron chi connectivity index (χ2n) is 9.35. The normalized spacial score (nSPS) is 16.9. The van der Waals surface area contributed by atoms with Crippen LogP contribution < -0.4 is 9.47 Å². The molecule has 1 heterocycles. The van der Waals surface area contributed by atoms with Crippen LogP contribution in [0.25, 0.3) is 10.8 Å². The van der Waals surface area contributed by atoms with Crippen molar-refractivity contribution in [3.8, 4) is 11.5 Å². The monoisotopic (exact) mass is 481 g/mol. The quantitative estimate of drug-likeness (QED) is 0.301. The molecule has 5 heteroatoms. The summed E-state index contributed by atoms with van der Waals surface area (Å²) in [5, 5.41) is 2.54. The molecule has 0 fully saturated rings. The molecule has 5 rings (SSSR count). The molecule has 1 aliphatic rings. The number of nitrogens with zero attached hydrogens (tertiary/aromatic N) is 1. The predicted molar refractivity (Wildman–Crippen MR) is 142 cm³/mol. The lowest BCUT2D eigenvalue weighted by molar-refractivity contribution is 0.0597. The summed E-state index contributed by atoms with van der Waals surface area (Å²) in [6.45, 7) is 1.62. The number of hydrogen-bond donors (Lipinski definition) is 0. The predicted octanol–water partition coefficient (Wildman–Crippen LogP) is 6.05. The van der Waals surface area contributed by atoms with E-state index in [1.807, 2.05) is 36.4 Å². The maximum Gasteiger partial charge on any atom is 0.341 e. The fourth-order valence-electron chi connectivity index (χ4n) is 5.27. The van der Waals surface area contributed by atoms with Gasteiger partial charge in [0.05, 0.1) is 14.2 Å². The first-order valence-electron chi connectivity index (χ1n) is 12.2. The van der Waals surface area contributed by atoms with E-state index in [4.69, 9.17) is 14.2 Å². The number of carbonyl (C=O) groups excluding carboxylic acids is 1. The first-order valence-corrected chi connectivity index (χ1v) is 12.2. The number of hydrogen-bond acceptors (Lipinski definition) is 5. The molecule has 0 saturated heterocycles. The second kappa shape index (κ2) is 10.4. The van der Waals surface area contributed by atoms with E-state index in [1.165, 1.54) is 23.4 Å². The van der Waals surface area contributed by atoms with Crippen LogP contribution in [0.1, 0.15) is 39.4 Å². The van der Waals surface area contributed by atoms with Crippen LogP contribution in [0.2, 0.25) is 0 Å². The second-order valence-corrected chi connectivity index (χ2v) is 9.35. The van der Waals surface area contributed by atoms with Crippen LogP contribution in [0, 0.1) is 0 Å². The van der Waals surface area contributed by atoms with Crippen LogP contribution in [0.4, 0.5) is 0 Å². The summed E-state index contributed by atoms with van der Waals surface area (Å²) < 4.78 is 16.9. The van der Waals surface area contributed by atoms with Crippen molar-refractivity contribution >= 4 is 16.7 Å². The number of para-hydroxylation sites is 1. The van der Waals surface area contributed by atoms with E-state index in [0.717, 1.165) is 36.4 Å². The average Bonchev–Trinajstić information content (AvgIpc) is 2.92. The maximum atomic E-state index is 12.4. The van der Waals surface area contributed by atoms with Crippen LogP contribution in [0.15, 0.2) is 84.9 Å². The first-order chi connectivity index (χ1) is 17.6. The minimum Gasteiger partial charge on any atom is -0.496 e. The van der Waals surface area contributed by atoms with Gasteiger partial charge in [0.15, 0.2) is 0 Å². The van der Waals surface area contributed by atoms with E-state index >= 15 is 0 Å². The SMILES string of the molecule is COC(=O)c1cc(C2CC(CN(C)Cc3cccc4ccccc34)Oc3ccccc32)ccc1OC. The van der Waals surface area contributed by atoms with Crippen molar-refractivity contribution in [1.82, 2.24) is 4.90 Å². The number of likely N-dealkylation sites (N-methyl/N-ethyl adjacent to an activating group) is 1. The van der Waals surface area contributed by atoms with E-state index < -0.39 is 5.97 Å². The standard InChI is InChI=1S/C31H31NO4/c1-32(19-23-11-8-10-21-9-4-5-12-25(21)23)20-24-18-27(26-13-6-7-14-30(26)36-24)22-15-16-29(34-2)28(17-22)31(33)35-3/h4-17,24,27H,18-20H2,1-3H3. The molecule has 2 atom stereocenters. The van der Waals surface area contributed by atoms with Crippen molar-refractivity contribution in [2.75, 3.05) is 27.8 Å². The first kappa shape index (κ1) is 23.9. The van der Waals surface area contributed by atoms with Gasteiger partial charge in [-0.3, -0.25) is 4.90 Å². The van der Waals surface area contributed by atoms with Gasteiger partial charge in [-0.2, -0.15) is 0 Å². The zero-order chi connectivity index (χ0) is 25.1. The molecule has 1 aliphatic heterocycles. The third-order valence-electron chi connectivity index (χ3n) is 6.95. The van der Waals surface area contributed by atoms with Gasteiger partial charge in [-0.15, -0.1) is 0 Å². The molecular formula is C31H31NO4. The van der Waals surface area contributed by atoms with Crippen molar-refractivity contribution in [3.63, 3.8) is 0 Å². The molecule has 2 unspecified atom stereocenters. The van der Waals surface area contributed by atoms with Crippen molar-refractivity contribution in [3.05, 3.63) is 107 Å². The summed E-state index contributed by atoms with van der Waals surface area (Å²) in [7, 11) is 5.09. The third-order valence-corrected chi connectivity index (χ3v) is 6.95. The van der Waals surface area contributed by atoms with E-state index in [1.54, 1.807) is 7.11 Å². The van der Waals surface area contributed by atoms with Gasteiger partial charge in [-0.25, -0.2) is 4.79 Å². The molecule has 0 saturated carbocycles. The number of methoxy groups -OCH3 is 2. The summed E-state index contributed by atoms with van der Waals surface area (Å²) in [6, 6.07) is 28.9. The highest BCUT2D eigenvalue weighted by molar-refractivity contribution is 5.92. The number of fused-ring (bicyclic) bond motifs is 2. The van der Waals surface area contributed by atoms with Crippen LogP contribution in [0.3, 0.4) is 0 Å².